The molecule has 5 heteroatoms. The lowest BCUT2D eigenvalue weighted by Gasteiger charge is -2.19. The number of hydrogen-bond acceptors (Lipinski definition) is 4. The molecule has 1 aliphatic rings. The van der Waals surface area contributed by atoms with Crippen LogP contribution in [0.15, 0.2) is 53.6 Å². The summed E-state index contributed by atoms with van der Waals surface area (Å²) in [6, 6.07) is 11.5. The quantitative estimate of drug-likeness (QED) is 0.730. The van der Waals surface area contributed by atoms with Crippen molar-refractivity contribution in [1.82, 2.24) is 14.8 Å². The monoisotopic (exact) mass is 345 g/mol. The molecule has 2 heterocycles. The van der Waals surface area contributed by atoms with Gasteiger partial charge in [-0.1, -0.05) is 18.2 Å². The van der Waals surface area contributed by atoms with Crippen LogP contribution in [0.3, 0.4) is 0 Å². The molecule has 0 saturated heterocycles. The van der Waals surface area contributed by atoms with Gasteiger partial charge in [0.15, 0.2) is 5.82 Å². The van der Waals surface area contributed by atoms with Crippen LogP contribution in [0.1, 0.15) is 28.7 Å². The second-order valence-electron chi connectivity index (χ2n) is 6.29. The Hall–Kier alpha value is -3.21. The van der Waals surface area contributed by atoms with Crippen LogP contribution in [0.2, 0.25) is 0 Å². The fourth-order valence-electron chi connectivity index (χ4n) is 3.43. The van der Waals surface area contributed by atoms with Crippen LogP contribution in [-0.4, -0.2) is 21.9 Å². The van der Waals surface area contributed by atoms with Crippen LogP contribution < -0.4 is 10.3 Å². The summed E-state index contributed by atoms with van der Waals surface area (Å²) in [6.07, 6.45) is 6.97. The van der Waals surface area contributed by atoms with Crippen molar-refractivity contribution < 1.29 is 4.74 Å². The SMILES string of the molecule is COc1cccc(C2=Cc3cnn(-c4ccccn4)c(=O)c3CC2)c1C. The van der Waals surface area contributed by atoms with Gasteiger partial charge in [-0.25, -0.2) is 4.98 Å². The standard InChI is InChI=1S/C21H19N3O2/c1-14-17(6-5-7-19(14)26-2)15-9-10-18-16(12-15)13-23-24(21(18)25)20-8-3-4-11-22-20/h3-8,11-13H,9-10H2,1-2H3. The molecule has 0 atom stereocenters. The predicted octanol–water partition coefficient (Wildman–Crippen LogP) is 3.43. The molecule has 0 aliphatic heterocycles. The molecule has 26 heavy (non-hydrogen) atoms. The maximum absolute atomic E-state index is 12.8. The highest BCUT2D eigenvalue weighted by Crippen LogP contribution is 2.33. The molecule has 0 radical (unpaired) electrons. The Labute approximate surface area is 151 Å². The van der Waals surface area contributed by atoms with Gasteiger partial charge in [-0.15, -0.1) is 0 Å². The van der Waals surface area contributed by atoms with E-state index in [1.54, 1.807) is 25.6 Å². The smallest absolute Gasteiger partial charge is 0.276 e. The molecular formula is C21H19N3O2. The molecule has 0 amide bonds. The van der Waals surface area contributed by atoms with Gasteiger partial charge in [0.1, 0.15) is 5.75 Å². The van der Waals surface area contributed by atoms with E-state index in [9.17, 15) is 4.79 Å². The van der Waals surface area contributed by atoms with Gasteiger partial charge in [0.05, 0.1) is 13.3 Å². The van der Waals surface area contributed by atoms with Gasteiger partial charge in [0.25, 0.3) is 5.56 Å². The van der Waals surface area contributed by atoms with Crippen molar-refractivity contribution in [2.75, 3.05) is 7.11 Å². The Morgan fingerprint density at radius 2 is 2.00 bits per heavy atom. The molecule has 1 aromatic carbocycles. The highest BCUT2D eigenvalue weighted by Gasteiger charge is 2.19. The second-order valence-corrected chi connectivity index (χ2v) is 6.29. The summed E-state index contributed by atoms with van der Waals surface area (Å²) in [5.41, 5.74) is 5.04. The van der Waals surface area contributed by atoms with Crippen LogP contribution in [0.25, 0.3) is 17.5 Å². The van der Waals surface area contributed by atoms with Crippen molar-refractivity contribution in [3.8, 4) is 11.6 Å². The van der Waals surface area contributed by atoms with Crippen molar-refractivity contribution in [1.29, 1.82) is 0 Å². The zero-order valence-corrected chi connectivity index (χ0v) is 14.8. The average Bonchev–Trinajstić information content (AvgIpc) is 2.69. The van der Waals surface area contributed by atoms with Crippen LogP contribution >= 0.6 is 0 Å². The van der Waals surface area contributed by atoms with Crippen molar-refractivity contribution in [2.45, 2.75) is 19.8 Å². The lowest BCUT2D eigenvalue weighted by atomic mass is 9.88. The maximum Gasteiger partial charge on any atom is 0.276 e. The van der Waals surface area contributed by atoms with Gasteiger partial charge in [0.2, 0.25) is 0 Å². The van der Waals surface area contributed by atoms with Gasteiger partial charge in [-0.2, -0.15) is 9.78 Å². The number of pyridine rings is 1. The molecule has 0 N–H and O–H groups in total. The van der Waals surface area contributed by atoms with Gasteiger partial charge < -0.3 is 4.74 Å². The molecule has 0 bridgehead atoms. The number of rotatable bonds is 3. The molecule has 130 valence electrons. The maximum atomic E-state index is 12.8. The van der Waals surface area contributed by atoms with Crippen LogP contribution in [0, 0.1) is 6.92 Å². The molecule has 0 unspecified atom stereocenters. The highest BCUT2D eigenvalue weighted by atomic mass is 16.5. The number of hydrogen-bond donors (Lipinski definition) is 0. The molecular weight excluding hydrogens is 326 g/mol. The number of benzene rings is 1. The third kappa shape index (κ3) is 2.71. The molecule has 3 aromatic rings. The predicted molar refractivity (Wildman–Crippen MR) is 102 cm³/mol. The summed E-state index contributed by atoms with van der Waals surface area (Å²) >= 11 is 0. The van der Waals surface area contributed by atoms with E-state index in [0.717, 1.165) is 34.4 Å². The Morgan fingerprint density at radius 1 is 1.12 bits per heavy atom. The summed E-state index contributed by atoms with van der Waals surface area (Å²) in [7, 11) is 1.68. The minimum absolute atomic E-state index is 0.0983. The Balaban J connectivity index is 1.79. The summed E-state index contributed by atoms with van der Waals surface area (Å²) in [5, 5.41) is 4.32. The fraction of sp³-hybridized carbons (Fsp3) is 0.190. The first-order valence-corrected chi connectivity index (χ1v) is 8.56. The average molecular weight is 345 g/mol. The van der Waals surface area contributed by atoms with E-state index in [1.807, 2.05) is 24.3 Å². The number of ether oxygens (including phenoxy) is 1. The molecule has 4 rings (SSSR count). The van der Waals surface area contributed by atoms with Gasteiger partial charge in [0, 0.05) is 17.3 Å². The summed E-state index contributed by atoms with van der Waals surface area (Å²) in [4.78, 5) is 17.1. The number of aromatic nitrogens is 3. The Morgan fingerprint density at radius 3 is 2.77 bits per heavy atom. The third-order valence-electron chi connectivity index (χ3n) is 4.80. The van der Waals surface area contributed by atoms with Gasteiger partial charge in [-0.3, -0.25) is 4.79 Å². The van der Waals surface area contributed by atoms with Crippen molar-refractivity contribution in [3.05, 3.63) is 81.4 Å². The normalized spacial score (nSPS) is 13.1. The Kier molecular flexibility index (Phi) is 4.13. The van der Waals surface area contributed by atoms with Crippen LogP contribution in [-0.2, 0) is 6.42 Å². The minimum Gasteiger partial charge on any atom is -0.496 e. The summed E-state index contributed by atoms with van der Waals surface area (Å²) in [5.74, 6) is 1.41. The largest absolute Gasteiger partial charge is 0.496 e. The van der Waals surface area contributed by atoms with Crippen LogP contribution in [0.5, 0.6) is 5.75 Å². The highest BCUT2D eigenvalue weighted by molar-refractivity contribution is 5.85. The molecule has 0 spiro atoms. The number of allylic oxidation sites excluding steroid dienone is 1. The second kappa shape index (κ2) is 6.59. The number of methoxy groups -OCH3 is 1. The summed E-state index contributed by atoms with van der Waals surface area (Å²) in [6.45, 7) is 2.06. The van der Waals surface area contributed by atoms with E-state index in [0.29, 0.717) is 12.2 Å². The number of fused-ring (bicyclic) bond motifs is 1. The Bertz CT molecular complexity index is 1050. The van der Waals surface area contributed by atoms with Crippen molar-refractivity contribution >= 4 is 11.6 Å². The lowest BCUT2D eigenvalue weighted by molar-refractivity contribution is 0.411. The third-order valence-corrected chi connectivity index (χ3v) is 4.80. The first-order chi connectivity index (χ1) is 12.7. The van der Waals surface area contributed by atoms with E-state index < -0.39 is 0 Å². The first-order valence-electron chi connectivity index (χ1n) is 8.56. The fourth-order valence-corrected chi connectivity index (χ4v) is 3.43. The molecule has 1 aliphatic carbocycles. The van der Waals surface area contributed by atoms with E-state index in [4.69, 9.17) is 4.74 Å². The van der Waals surface area contributed by atoms with Crippen LogP contribution in [0.4, 0.5) is 0 Å². The van der Waals surface area contributed by atoms with E-state index in [-0.39, 0.29) is 5.56 Å². The molecule has 5 nitrogen and oxygen atoms in total. The minimum atomic E-state index is -0.0983. The zero-order valence-electron chi connectivity index (χ0n) is 14.8. The van der Waals surface area contributed by atoms with Crippen molar-refractivity contribution in [2.24, 2.45) is 0 Å². The van der Waals surface area contributed by atoms with Gasteiger partial charge >= 0.3 is 0 Å². The molecule has 2 aromatic heterocycles. The van der Waals surface area contributed by atoms with E-state index in [1.165, 1.54) is 10.3 Å². The lowest BCUT2D eigenvalue weighted by Crippen LogP contribution is -2.27. The zero-order chi connectivity index (χ0) is 18.1. The van der Waals surface area contributed by atoms with Gasteiger partial charge in [-0.05, 0) is 60.7 Å². The topological polar surface area (TPSA) is 57.0 Å². The van der Waals surface area contributed by atoms with E-state index in [2.05, 4.69) is 29.1 Å². The summed E-state index contributed by atoms with van der Waals surface area (Å²) < 4.78 is 6.80. The molecule has 0 saturated carbocycles. The number of nitrogens with zero attached hydrogens (tertiary/aromatic N) is 3. The first kappa shape index (κ1) is 16.3. The van der Waals surface area contributed by atoms with E-state index >= 15 is 0 Å². The molecule has 0 fully saturated rings. The van der Waals surface area contributed by atoms with Crippen molar-refractivity contribution in [3.63, 3.8) is 0 Å².